The van der Waals surface area contributed by atoms with E-state index in [0.29, 0.717) is 32.0 Å². The molecule has 6 nitrogen and oxygen atoms in total. The van der Waals surface area contributed by atoms with E-state index in [1.54, 1.807) is 12.3 Å². The van der Waals surface area contributed by atoms with E-state index in [-0.39, 0.29) is 17.4 Å². The zero-order valence-electron chi connectivity index (χ0n) is 15.3. The van der Waals surface area contributed by atoms with Crippen LogP contribution in [0.2, 0.25) is 0 Å². The second kappa shape index (κ2) is 6.98. The van der Waals surface area contributed by atoms with Crippen LogP contribution in [0.1, 0.15) is 23.7 Å². The topological polar surface area (TPSA) is 68.1 Å². The van der Waals surface area contributed by atoms with Crippen molar-refractivity contribution in [3.63, 3.8) is 0 Å². The molecule has 142 valence electrons. The number of hydrogen-bond donors (Lipinski definition) is 0. The van der Waals surface area contributed by atoms with E-state index >= 15 is 0 Å². The Bertz CT molecular complexity index is 1080. The van der Waals surface area contributed by atoms with Crippen LogP contribution in [0.4, 0.5) is 0 Å². The quantitative estimate of drug-likeness (QED) is 0.687. The minimum atomic E-state index is 0.0662. The molecule has 3 aromatic rings. The van der Waals surface area contributed by atoms with Gasteiger partial charge in [0.1, 0.15) is 5.01 Å². The summed E-state index contributed by atoms with van der Waals surface area (Å²) >= 11 is 1.52. The van der Waals surface area contributed by atoms with E-state index in [2.05, 4.69) is 9.97 Å². The van der Waals surface area contributed by atoms with E-state index in [1.807, 2.05) is 45.2 Å². The molecule has 1 saturated heterocycles. The lowest BCUT2D eigenvalue weighted by Gasteiger charge is -2.42. The second-order valence-corrected chi connectivity index (χ2v) is 8.39. The third-order valence-electron chi connectivity index (χ3n) is 5.60. The van der Waals surface area contributed by atoms with Gasteiger partial charge in [-0.25, -0.2) is 4.98 Å². The molecule has 1 amide bonds. The number of hydrogen-bond acceptors (Lipinski definition) is 5. The Kier molecular flexibility index (Phi) is 4.31. The number of amides is 1. The molecule has 0 spiro atoms. The highest BCUT2D eigenvalue weighted by molar-refractivity contribution is 7.13. The van der Waals surface area contributed by atoms with E-state index in [9.17, 15) is 9.59 Å². The van der Waals surface area contributed by atoms with Crippen molar-refractivity contribution in [2.24, 2.45) is 5.92 Å². The fourth-order valence-corrected chi connectivity index (χ4v) is 5.16. The van der Waals surface area contributed by atoms with Crippen LogP contribution < -0.4 is 5.56 Å². The molecule has 0 saturated carbocycles. The molecule has 0 N–H and O–H groups in total. The average molecular weight is 392 g/mol. The third-order valence-corrected chi connectivity index (χ3v) is 6.51. The Morgan fingerprint density at radius 1 is 1.14 bits per heavy atom. The number of aromatic nitrogens is 3. The van der Waals surface area contributed by atoms with Gasteiger partial charge in [0.25, 0.3) is 5.56 Å². The largest absolute Gasteiger partial charge is 0.341 e. The number of nitrogens with zero attached hydrogens (tertiary/aromatic N) is 4. The highest BCUT2D eigenvalue weighted by Gasteiger charge is 2.36. The first kappa shape index (κ1) is 17.3. The fourth-order valence-electron chi connectivity index (χ4n) is 4.36. The molecule has 2 aliphatic rings. The second-order valence-electron chi connectivity index (χ2n) is 7.53. The van der Waals surface area contributed by atoms with Crippen molar-refractivity contribution < 1.29 is 4.79 Å². The first-order valence-electron chi connectivity index (χ1n) is 9.50. The molecule has 5 rings (SSSR count). The van der Waals surface area contributed by atoms with Crippen molar-refractivity contribution >= 4 is 17.2 Å². The fraction of sp³-hybridized carbons (Fsp3) is 0.333. The number of pyridine rings is 2. The monoisotopic (exact) mass is 392 g/mol. The highest BCUT2D eigenvalue weighted by atomic mass is 32.1. The maximum atomic E-state index is 12.9. The Labute approximate surface area is 166 Å². The molecule has 2 atom stereocenters. The molecule has 0 radical (unpaired) electrons. The highest BCUT2D eigenvalue weighted by Crippen LogP contribution is 2.35. The number of carbonyl (C=O) groups excluding carboxylic acids is 1. The molecule has 3 aromatic heterocycles. The van der Waals surface area contributed by atoms with Crippen LogP contribution in [-0.2, 0) is 17.8 Å². The van der Waals surface area contributed by atoms with E-state index < -0.39 is 0 Å². The Hall–Kier alpha value is -2.80. The van der Waals surface area contributed by atoms with Crippen LogP contribution in [0.5, 0.6) is 0 Å². The maximum absolute atomic E-state index is 12.9. The standard InChI is InChI=1S/C21H20N4O2S/c26-19-6-3-5-18-15-8-14(11-25(18)19)10-24(12-15)20(27)9-16-13-28-21(23-16)17-4-1-2-7-22-17/h1-7,13-15H,8-12H2/t14-,15+/m0/s1. The van der Waals surface area contributed by atoms with Crippen LogP contribution in [0.15, 0.2) is 52.8 Å². The van der Waals surface area contributed by atoms with Gasteiger partial charge in [-0.2, -0.15) is 0 Å². The van der Waals surface area contributed by atoms with Gasteiger partial charge in [0.15, 0.2) is 0 Å². The van der Waals surface area contributed by atoms with Gasteiger partial charge in [-0.1, -0.05) is 12.1 Å². The molecular weight excluding hydrogens is 372 g/mol. The summed E-state index contributed by atoms with van der Waals surface area (Å²) in [5, 5.41) is 2.79. The van der Waals surface area contributed by atoms with Crippen LogP contribution in [0.25, 0.3) is 10.7 Å². The van der Waals surface area contributed by atoms with E-state index in [1.165, 1.54) is 11.3 Å². The molecule has 2 aliphatic heterocycles. The van der Waals surface area contributed by atoms with Crippen molar-refractivity contribution in [2.75, 3.05) is 13.1 Å². The summed E-state index contributed by atoms with van der Waals surface area (Å²) in [4.78, 5) is 35.9. The molecule has 0 unspecified atom stereocenters. The number of fused-ring (bicyclic) bond motifs is 4. The minimum absolute atomic E-state index is 0.0662. The number of thiazole rings is 1. The predicted octanol–water partition coefficient (Wildman–Crippen LogP) is 2.56. The van der Waals surface area contributed by atoms with Gasteiger partial charge in [-0.3, -0.25) is 14.6 Å². The Morgan fingerprint density at radius 3 is 2.93 bits per heavy atom. The molecule has 5 heterocycles. The normalized spacial score (nSPS) is 20.6. The van der Waals surface area contributed by atoms with Crippen LogP contribution in [-0.4, -0.2) is 38.4 Å². The van der Waals surface area contributed by atoms with Gasteiger partial charge in [0, 0.05) is 48.9 Å². The van der Waals surface area contributed by atoms with Crippen LogP contribution >= 0.6 is 11.3 Å². The zero-order valence-corrected chi connectivity index (χ0v) is 16.1. The molecule has 2 bridgehead atoms. The van der Waals surface area contributed by atoms with Crippen LogP contribution in [0, 0.1) is 5.92 Å². The van der Waals surface area contributed by atoms with Gasteiger partial charge < -0.3 is 9.47 Å². The lowest BCUT2D eigenvalue weighted by molar-refractivity contribution is -0.133. The number of piperidine rings is 1. The SMILES string of the molecule is O=C(Cc1csc(-c2ccccn2)n1)N1C[C@@H]2C[C@H](C1)c1cccc(=O)n1C2. The lowest BCUT2D eigenvalue weighted by Crippen LogP contribution is -2.49. The molecule has 0 aromatic carbocycles. The van der Waals surface area contributed by atoms with Crippen molar-refractivity contribution in [2.45, 2.75) is 25.3 Å². The first-order valence-corrected chi connectivity index (χ1v) is 10.4. The maximum Gasteiger partial charge on any atom is 0.250 e. The predicted molar refractivity (Wildman–Crippen MR) is 107 cm³/mol. The summed E-state index contributed by atoms with van der Waals surface area (Å²) in [7, 11) is 0. The molecule has 0 aliphatic carbocycles. The summed E-state index contributed by atoms with van der Waals surface area (Å²) in [5.41, 5.74) is 2.76. The number of carbonyl (C=O) groups is 1. The van der Waals surface area contributed by atoms with Gasteiger partial charge in [0.2, 0.25) is 5.91 Å². The summed E-state index contributed by atoms with van der Waals surface area (Å²) in [6.45, 7) is 2.10. The molecule has 1 fully saturated rings. The molecule has 7 heteroatoms. The first-order chi connectivity index (χ1) is 13.7. The van der Waals surface area contributed by atoms with Gasteiger partial charge in [-0.15, -0.1) is 11.3 Å². The average Bonchev–Trinajstić information content (AvgIpc) is 3.18. The smallest absolute Gasteiger partial charge is 0.250 e. The zero-order chi connectivity index (χ0) is 19.1. The summed E-state index contributed by atoms with van der Waals surface area (Å²) in [6, 6.07) is 11.2. The Balaban J connectivity index is 1.31. The van der Waals surface area contributed by atoms with E-state index in [0.717, 1.165) is 28.5 Å². The number of likely N-dealkylation sites (tertiary alicyclic amines) is 1. The van der Waals surface area contributed by atoms with Gasteiger partial charge >= 0.3 is 0 Å². The lowest BCUT2D eigenvalue weighted by atomic mass is 9.83. The summed E-state index contributed by atoms with van der Waals surface area (Å²) in [5.74, 6) is 0.693. The van der Waals surface area contributed by atoms with Crippen molar-refractivity contribution in [1.29, 1.82) is 0 Å². The summed E-state index contributed by atoms with van der Waals surface area (Å²) < 4.78 is 1.89. The van der Waals surface area contributed by atoms with E-state index in [4.69, 9.17) is 0 Å². The molecular formula is C21H20N4O2S. The van der Waals surface area contributed by atoms with Crippen molar-refractivity contribution in [3.8, 4) is 10.7 Å². The van der Waals surface area contributed by atoms with Crippen molar-refractivity contribution in [1.82, 2.24) is 19.4 Å². The van der Waals surface area contributed by atoms with Crippen LogP contribution in [0.3, 0.4) is 0 Å². The minimum Gasteiger partial charge on any atom is -0.341 e. The Morgan fingerprint density at radius 2 is 2.07 bits per heavy atom. The van der Waals surface area contributed by atoms with Crippen molar-refractivity contribution in [3.05, 3.63) is 69.7 Å². The summed E-state index contributed by atoms with van der Waals surface area (Å²) in [6.07, 6.45) is 3.11. The van der Waals surface area contributed by atoms with Gasteiger partial charge in [0.05, 0.1) is 17.8 Å². The van der Waals surface area contributed by atoms with Gasteiger partial charge in [-0.05, 0) is 30.5 Å². The third kappa shape index (κ3) is 3.16. The number of rotatable bonds is 3. The molecule has 28 heavy (non-hydrogen) atoms.